The second-order valence-electron chi connectivity index (χ2n) is 6.98. The first-order valence-corrected chi connectivity index (χ1v) is 10.8. The molecule has 3 heterocycles. The predicted molar refractivity (Wildman–Crippen MR) is 99.7 cm³/mol. The predicted octanol–water partition coefficient (Wildman–Crippen LogP) is -0.165. The van der Waals surface area contributed by atoms with Gasteiger partial charge in [0.1, 0.15) is 10.6 Å². The number of aryl methyl sites for hydroxylation is 1. The number of piperidine rings is 1. The zero-order chi connectivity index (χ0) is 18.6. The Bertz CT molecular complexity index is 719. The van der Waals surface area contributed by atoms with Crippen molar-refractivity contribution < 1.29 is 13.2 Å². The third-order valence-electron chi connectivity index (χ3n) is 5.09. The van der Waals surface area contributed by atoms with Crippen LogP contribution in [0.25, 0.3) is 0 Å². The summed E-state index contributed by atoms with van der Waals surface area (Å²) in [4.78, 5) is 15.0. The standard InChI is InChI=1S/C17H29N5O3S/c1-20-14-15(26(24,25)22-8-3-2-4-9-22)13-16(20)17(23)19-7-12-21-10-5-18-6-11-21/h13-14,18H,2-12H2,1H3,(H,19,23). The lowest BCUT2D eigenvalue weighted by Crippen LogP contribution is -2.46. The fraction of sp³-hybridized carbons (Fsp3) is 0.706. The number of carbonyl (C=O) groups excluding carboxylic acids is 1. The Kier molecular flexibility index (Phi) is 6.33. The van der Waals surface area contributed by atoms with Gasteiger partial charge in [-0.2, -0.15) is 4.31 Å². The highest BCUT2D eigenvalue weighted by atomic mass is 32.2. The summed E-state index contributed by atoms with van der Waals surface area (Å²) in [6.45, 7) is 6.39. The Balaban J connectivity index is 1.60. The minimum Gasteiger partial charge on any atom is -0.349 e. The number of nitrogens with one attached hydrogen (secondary N) is 2. The third kappa shape index (κ3) is 4.46. The largest absolute Gasteiger partial charge is 0.349 e. The molecule has 0 aliphatic carbocycles. The van der Waals surface area contributed by atoms with E-state index in [9.17, 15) is 13.2 Å². The average Bonchev–Trinajstić information content (AvgIpc) is 3.06. The summed E-state index contributed by atoms with van der Waals surface area (Å²) in [7, 11) is -1.81. The van der Waals surface area contributed by atoms with Crippen LogP contribution in [0, 0.1) is 0 Å². The van der Waals surface area contributed by atoms with Gasteiger partial charge >= 0.3 is 0 Å². The molecule has 1 aromatic heterocycles. The molecule has 3 rings (SSSR count). The van der Waals surface area contributed by atoms with Crippen molar-refractivity contribution in [3.05, 3.63) is 18.0 Å². The van der Waals surface area contributed by atoms with E-state index < -0.39 is 10.0 Å². The molecule has 2 fully saturated rings. The molecule has 0 radical (unpaired) electrons. The first-order valence-electron chi connectivity index (χ1n) is 9.36. The zero-order valence-corrected chi connectivity index (χ0v) is 16.2. The van der Waals surface area contributed by atoms with Crippen LogP contribution < -0.4 is 10.6 Å². The maximum Gasteiger partial charge on any atom is 0.267 e. The summed E-state index contributed by atoms with van der Waals surface area (Å²) < 4.78 is 28.6. The number of aromatic nitrogens is 1. The lowest BCUT2D eigenvalue weighted by Gasteiger charge is -2.27. The maximum absolute atomic E-state index is 12.8. The van der Waals surface area contributed by atoms with Crippen LogP contribution in [-0.4, -0.2) is 80.5 Å². The monoisotopic (exact) mass is 383 g/mol. The first-order chi connectivity index (χ1) is 12.5. The van der Waals surface area contributed by atoms with Gasteiger partial charge in [0.2, 0.25) is 10.0 Å². The van der Waals surface area contributed by atoms with Crippen LogP contribution in [0.15, 0.2) is 17.2 Å². The van der Waals surface area contributed by atoms with Crippen molar-refractivity contribution in [2.24, 2.45) is 7.05 Å². The SMILES string of the molecule is Cn1cc(S(=O)(=O)N2CCCCC2)cc1C(=O)NCCN1CCNCC1. The number of carbonyl (C=O) groups is 1. The highest BCUT2D eigenvalue weighted by molar-refractivity contribution is 7.89. The van der Waals surface area contributed by atoms with E-state index in [1.54, 1.807) is 11.6 Å². The van der Waals surface area contributed by atoms with Crippen LogP contribution in [-0.2, 0) is 17.1 Å². The minimum atomic E-state index is -3.52. The topological polar surface area (TPSA) is 86.7 Å². The average molecular weight is 384 g/mol. The summed E-state index contributed by atoms with van der Waals surface area (Å²) in [5.74, 6) is -0.234. The van der Waals surface area contributed by atoms with E-state index in [1.165, 1.54) is 16.6 Å². The van der Waals surface area contributed by atoms with Gasteiger partial charge in [-0.3, -0.25) is 9.69 Å². The van der Waals surface area contributed by atoms with E-state index in [-0.39, 0.29) is 10.8 Å². The number of rotatable bonds is 6. The molecular weight excluding hydrogens is 354 g/mol. The molecule has 8 nitrogen and oxygen atoms in total. The molecule has 0 atom stereocenters. The molecule has 1 aromatic rings. The van der Waals surface area contributed by atoms with Gasteiger partial charge in [-0.1, -0.05) is 6.42 Å². The smallest absolute Gasteiger partial charge is 0.267 e. The van der Waals surface area contributed by atoms with Crippen LogP contribution in [0.3, 0.4) is 0 Å². The van der Waals surface area contributed by atoms with Crippen molar-refractivity contribution in [3.8, 4) is 0 Å². The summed E-state index contributed by atoms with van der Waals surface area (Å²) in [6, 6.07) is 1.49. The Hall–Kier alpha value is -1.42. The molecule has 0 unspecified atom stereocenters. The maximum atomic E-state index is 12.8. The molecule has 1 amide bonds. The van der Waals surface area contributed by atoms with Gasteiger partial charge in [-0.25, -0.2) is 8.42 Å². The van der Waals surface area contributed by atoms with Crippen LogP contribution in [0.1, 0.15) is 29.8 Å². The molecule has 2 N–H and O–H groups in total. The van der Waals surface area contributed by atoms with Crippen molar-refractivity contribution in [3.63, 3.8) is 0 Å². The van der Waals surface area contributed by atoms with Crippen LogP contribution >= 0.6 is 0 Å². The van der Waals surface area contributed by atoms with E-state index >= 15 is 0 Å². The molecule has 146 valence electrons. The van der Waals surface area contributed by atoms with Gasteiger partial charge in [0.15, 0.2) is 0 Å². The number of piperazine rings is 1. The number of hydrogen-bond donors (Lipinski definition) is 2. The Morgan fingerprint density at radius 1 is 1.15 bits per heavy atom. The second-order valence-corrected chi connectivity index (χ2v) is 8.92. The summed E-state index contributed by atoms with van der Waals surface area (Å²) in [5, 5.41) is 6.20. The molecule has 26 heavy (non-hydrogen) atoms. The highest BCUT2D eigenvalue weighted by Crippen LogP contribution is 2.22. The molecular formula is C17H29N5O3S. The zero-order valence-electron chi connectivity index (χ0n) is 15.4. The molecule has 9 heteroatoms. The quantitative estimate of drug-likeness (QED) is 0.713. The van der Waals surface area contributed by atoms with Crippen molar-refractivity contribution >= 4 is 15.9 Å². The van der Waals surface area contributed by atoms with Gasteiger partial charge in [0.05, 0.1) is 0 Å². The van der Waals surface area contributed by atoms with Gasteiger partial charge < -0.3 is 15.2 Å². The molecule has 0 saturated carbocycles. The number of nitrogens with zero attached hydrogens (tertiary/aromatic N) is 3. The van der Waals surface area contributed by atoms with E-state index in [1.807, 2.05) is 0 Å². The molecule has 0 spiro atoms. The highest BCUT2D eigenvalue weighted by Gasteiger charge is 2.28. The summed E-state index contributed by atoms with van der Waals surface area (Å²) in [6.07, 6.45) is 4.40. The Morgan fingerprint density at radius 3 is 2.54 bits per heavy atom. The fourth-order valence-electron chi connectivity index (χ4n) is 3.51. The third-order valence-corrected chi connectivity index (χ3v) is 6.95. The normalized spacial score (nSPS) is 20.2. The van der Waals surface area contributed by atoms with Gasteiger partial charge in [-0.15, -0.1) is 0 Å². The van der Waals surface area contributed by atoms with Crippen molar-refractivity contribution in [2.45, 2.75) is 24.2 Å². The molecule has 2 aliphatic heterocycles. The number of sulfonamides is 1. The summed E-state index contributed by atoms with van der Waals surface area (Å²) >= 11 is 0. The van der Waals surface area contributed by atoms with E-state index in [2.05, 4.69) is 15.5 Å². The Morgan fingerprint density at radius 2 is 1.85 bits per heavy atom. The first kappa shape index (κ1) is 19.3. The van der Waals surface area contributed by atoms with Crippen LogP contribution in [0.4, 0.5) is 0 Å². The van der Waals surface area contributed by atoms with E-state index in [4.69, 9.17) is 0 Å². The number of hydrogen-bond acceptors (Lipinski definition) is 5. The van der Waals surface area contributed by atoms with Crippen LogP contribution in [0.2, 0.25) is 0 Å². The molecule has 2 saturated heterocycles. The van der Waals surface area contributed by atoms with E-state index in [0.29, 0.717) is 25.3 Å². The number of amides is 1. The van der Waals surface area contributed by atoms with Gasteiger partial charge in [0.25, 0.3) is 5.91 Å². The van der Waals surface area contributed by atoms with Crippen molar-refractivity contribution in [1.82, 2.24) is 24.4 Å². The Labute approximate surface area is 155 Å². The minimum absolute atomic E-state index is 0.203. The van der Waals surface area contributed by atoms with Gasteiger partial charge in [0, 0.05) is 65.6 Å². The molecule has 0 bridgehead atoms. The van der Waals surface area contributed by atoms with Crippen molar-refractivity contribution in [1.29, 1.82) is 0 Å². The fourth-order valence-corrected chi connectivity index (χ4v) is 5.10. The summed E-state index contributed by atoms with van der Waals surface area (Å²) in [5.41, 5.74) is 0.376. The van der Waals surface area contributed by atoms with Gasteiger partial charge in [-0.05, 0) is 18.9 Å². The molecule has 0 aromatic carbocycles. The van der Waals surface area contributed by atoms with Crippen LogP contribution in [0.5, 0.6) is 0 Å². The van der Waals surface area contributed by atoms with E-state index in [0.717, 1.165) is 52.0 Å². The van der Waals surface area contributed by atoms with Crippen molar-refractivity contribution in [2.75, 3.05) is 52.4 Å². The lowest BCUT2D eigenvalue weighted by molar-refractivity contribution is 0.0939. The second kappa shape index (κ2) is 8.51. The lowest BCUT2D eigenvalue weighted by atomic mass is 10.2. The molecule has 2 aliphatic rings.